The van der Waals surface area contributed by atoms with Crippen molar-refractivity contribution in [2.45, 2.75) is 91.9 Å². The summed E-state index contributed by atoms with van der Waals surface area (Å²) in [6, 6.07) is 6.29. The molecule has 0 aliphatic heterocycles. The first-order chi connectivity index (χ1) is 14.3. The van der Waals surface area contributed by atoms with Crippen molar-refractivity contribution >= 4 is 11.8 Å². The molecule has 0 bridgehead atoms. The number of esters is 1. The Kier molecular flexibility index (Phi) is 9.79. The van der Waals surface area contributed by atoms with Crippen LogP contribution in [0.1, 0.15) is 92.2 Å². The van der Waals surface area contributed by atoms with Gasteiger partial charge in [-0.2, -0.15) is 0 Å². The molecule has 0 fully saturated rings. The smallest absolute Gasteiger partial charge is 0.345 e. The van der Waals surface area contributed by atoms with Gasteiger partial charge in [-0.3, -0.25) is 4.79 Å². The second kappa shape index (κ2) is 11.4. The second-order valence-corrected chi connectivity index (χ2v) is 10.0. The SMILES string of the molecule is CCCCOC(=O)C(C(C)=O)=C(O)CCCOc1ccc(C(C)(C)C)cc1C(C)(C)C. The van der Waals surface area contributed by atoms with Crippen molar-refractivity contribution in [1.29, 1.82) is 0 Å². The fraction of sp³-hybridized carbons (Fsp3) is 0.615. The molecule has 1 rings (SSSR count). The Labute approximate surface area is 187 Å². The number of hydrogen-bond acceptors (Lipinski definition) is 5. The van der Waals surface area contributed by atoms with Crippen molar-refractivity contribution in [2.24, 2.45) is 0 Å². The molecule has 1 N–H and O–H groups in total. The Bertz CT molecular complexity index is 791. The zero-order valence-electron chi connectivity index (χ0n) is 20.6. The molecular weight excluding hydrogens is 392 g/mol. The molecule has 0 radical (unpaired) electrons. The third kappa shape index (κ3) is 8.39. The first-order valence-corrected chi connectivity index (χ1v) is 11.2. The number of hydrogen-bond donors (Lipinski definition) is 1. The van der Waals surface area contributed by atoms with Crippen LogP contribution < -0.4 is 4.74 Å². The fourth-order valence-corrected chi connectivity index (χ4v) is 3.10. The van der Waals surface area contributed by atoms with Gasteiger partial charge in [0.2, 0.25) is 0 Å². The lowest BCUT2D eigenvalue weighted by Crippen LogP contribution is -2.18. The monoisotopic (exact) mass is 432 g/mol. The van der Waals surface area contributed by atoms with Gasteiger partial charge in [-0.1, -0.05) is 67.0 Å². The molecule has 0 atom stereocenters. The first kappa shape index (κ1) is 26.7. The topological polar surface area (TPSA) is 72.8 Å². The van der Waals surface area contributed by atoms with E-state index in [1.807, 2.05) is 13.0 Å². The van der Waals surface area contributed by atoms with E-state index in [9.17, 15) is 14.7 Å². The van der Waals surface area contributed by atoms with Gasteiger partial charge in [0.05, 0.1) is 13.2 Å². The Morgan fingerprint density at radius 3 is 2.13 bits per heavy atom. The number of aliphatic hydroxyl groups excluding tert-OH is 1. The fourth-order valence-electron chi connectivity index (χ4n) is 3.10. The quantitative estimate of drug-likeness (QED) is 0.119. The molecule has 0 aromatic heterocycles. The molecule has 1 aromatic carbocycles. The van der Waals surface area contributed by atoms with E-state index in [1.54, 1.807) is 0 Å². The number of carbonyl (C=O) groups excluding carboxylic acids is 2. The minimum atomic E-state index is -0.757. The van der Waals surface area contributed by atoms with Gasteiger partial charge in [-0.25, -0.2) is 4.79 Å². The maximum absolute atomic E-state index is 12.1. The van der Waals surface area contributed by atoms with Crippen molar-refractivity contribution < 1.29 is 24.2 Å². The van der Waals surface area contributed by atoms with Crippen LogP contribution in [0.5, 0.6) is 5.75 Å². The summed E-state index contributed by atoms with van der Waals surface area (Å²) < 4.78 is 11.1. The van der Waals surface area contributed by atoms with Crippen LogP contribution in [-0.2, 0) is 25.2 Å². The highest BCUT2D eigenvalue weighted by Gasteiger charge is 2.24. The van der Waals surface area contributed by atoms with Crippen LogP contribution in [0.4, 0.5) is 0 Å². The van der Waals surface area contributed by atoms with Crippen molar-refractivity contribution in [1.82, 2.24) is 0 Å². The highest BCUT2D eigenvalue weighted by molar-refractivity contribution is 6.16. The van der Waals surface area contributed by atoms with Gasteiger partial charge in [0.25, 0.3) is 0 Å². The Balaban J connectivity index is 2.85. The molecule has 0 aliphatic rings. The predicted molar refractivity (Wildman–Crippen MR) is 125 cm³/mol. The van der Waals surface area contributed by atoms with Gasteiger partial charge in [0, 0.05) is 6.42 Å². The molecule has 0 saturated heterocycles. The lowest BCUT2D eigenvalue weighted by molar-refractivity contribution is -0.140. The van der Waals surface area contributed by atoms with E-state index in [-0.39, 0.29) is 35.2 Å². The van der Waals surface area contributed by atoms with Crippen molar-refractivity contribution in [3.8, 4) is 5.75 Å². The number of benzene rings is 1. The number of rotatable bonds is 10. The molecule has 0 spiro atoms. The van der Waals surface area contributed by atoms with Crippen molar-refractivity contribution in [3.05, 3.63) is 40.7 Å². The second-order valence-electron chi connectivity index (χ2n) is 10.0. The third-order valence-corrected chi connectivity index (χ3v) is 5.04. The number of Topliss-reactive ketones (excluding diaryl/α,β-unsaturated/α-hetero) is 1. The molecule has 31 heavy (non-hydrogen) atoms. The highest BCUT2D eigenvalue weighted by Crippen LogP contribution is 2.35. The number of ether oxygens (including phenoxy) is 2. The number of unbranched alkanes of at least 4 members (excludes halogenated alkanes) is 1. The largest absolute Gasteiger partial charge is 0.511 e. The normalized spacial score (nSPS) is 12.9. The molecule has 0 saturated carbocycles. The molecule has 5 nitrogen and oxygen atoms in total. The van der Waals surface area contributed by atoms with E-state index in [4.69, 9.17) is 9.47 Å². The summed E-state index contributed by atoms with van der Waals surface area (Å²) in [6.45, 7) is 16.8. The van der Waals surface area contributed by atoms with Crippen LogP contribution in [0.3, 0.4) is 0 Å². The van der Waals surface area contributed by atoms with Crippen molar-refractivity contribution in [3.63, 3.8) is 0 Å². The Morgan fingerprint density at radius 2 is 1.61 bits per heavy atom. The lowest BCUT2D eigenvalue weighted by atomic mass is 9.80. The number of ketones is 1. The van der Waals surface area contributed by atoms with Crippen LogP contribution in [0.2, 0.25) is 0 Å². The third-order valence-electron chi connectivity index (χ3n) is 5.04. The number of aliphatic hydroxyl groups is 1. The zero-order valence-corrected chi connectivity index (χ0v) is 20.6. The van der Waals surface area contributed by atoms with Gasteiger partial charge in [0.15, 0.2) is 5.78 Å². The summed E-state index contributed by atoms with van der Waals surface area (Å²) in [7, 11) is 0. The van der Waals surface area contributed by atoms with E-state index in [1.165, 1.54) is 12.5 Å². The molecular formula is C26H40O5. The Morgan fingerprint density at radius 1 is 0.968 bits per heavy atom. The van der Waals surface area contributed by atoms with Crippen LogP contribution in [0, 0.1) is 0 Å². The van der Waals surface area contributed by atoms with Gasteiger partial charge in [-0.05, 0) is 47.8 Å². The summed E-state index contributed by atoms with van der Waals surface area (Å²) >= 11 is 0. The van der Waals surface area contributed by atoms with E-state index in [0.29, 0.717) is 13.0 Å². The summed E-state index contributed by atoms with van der Waals surface area (Å²) in [5.41, 5.74) is 2.08. The molecule has 5 heteroatoms. The summed E-state index contributed by atoms with van der Waals surface area (Å²) in [6.07, 6.45) is 2.23. The van der Waals surface area contributed by atoms with E-state index < -0.39 is 11.8 Å². The minimum absolute atomic E-state index is 0.0456. The lowest BCUT2D eigenvalue weighted by Gasteiger charge is -2.27. The van der Waals surface area contributed by atoms with Crippen LogP contribution in [0.25, 0.3) is 0 Å². The highest BCUT2D eigenvalue weighted by atomic mass is 16.5. The van der Waals surface area contributed by atoms with Crippen LogP contribution >= 0.6 is 0 Å². The number of carbonyl (C=O) groups is 2. The summed E-state index contributed by atoms with van der Waals surface area (Å²) in [5, 5.41) is 10.3. The standard InChI is InChI=1S/C26H40O5/c1-9-10-15-31-24(29)23(18(2)27)21(28)12-11-16-30-22-14-13-19(25(3,4)5)17-20(22)26(6,7)8/h13-14,17,28H,9-12,15-16H2,1-8H3. The average molecular weight is 433 g/mol. The molecule has 1 aromatic rings. The molecule has 0 heterocycles. The zero-order chi connectivity index (χ0) is 23.8. The van der Waals surface area contributed by atoms with Gasteiger partial charge in [-0.15, -0.1) is 0 Å². The predicted octanol–water partition coefficient (Wildman–Crippen LogP) is 6.19. The van der Waals surface area contributed by atoms with Gasteiger partial charge < -0.3 is 14.6 Å². The molecule has 0 amide bonds. The minimum Gasteiger partial charge on any atom is -0.511 e. The Hall–Kier alpha value is -2.30. The maximum atomic E-state index is 12.1. The average Bonchev–Trinajstić information content (AvgIpc) is 2.63. The van der Waals surface area contributed by atoms with E-state index in [2.05, 4.69) is 53.7 Å². The van der Waals surface area contributed by atoms with Crippen LogP contribution in [-0.4, -0.2) is 30.1 Å². The van der Waals surface area contributed by atoms with Gasteiger partial charge in [0.1, 0.15) is 17.1 Å². The van der Waals surface area contributed by atoms with Crippen molar-refractivity contribution in [2.75, 3.05) is 13.2 Å². The summed E-state index contributed by atoms with van der Waals surface area (Å²) in [4.78, 5) is 24.0. The van der Waals surface area contributed by atoms with Crippen LogP contribution in [0.15, 0.2) is 29.5 Å². The molecule has 174 valence electrons. The van der Waals surface area contributed by atoms with E-state index >= 15 is 0 Å². The number of allylic oxidation sites excluding steroid dienone is 1. The molecule has 0 unspecified atom stereocenters. The van der Waals surface area contributed by atoms with E-state index in [0.717, 1.165) is 24.2 Å². The van der Waals surface area contributed by atoms with Gasteiger partial charge >= 0.3 is 5.97 Å². The molecule has 0 aliphatic carbocycles. The summed E-state index contributed by atoms with van der Waals surface area (Å²) in [5.74, 6) is -0.675. The first-order valence-electron chi connectivity index (χ1n) is 11.2. The maximum Gasteiger partial charge on any atom is 0.345 e.